The Balaban J connectivity index is 2.12. The molecule has 21 heavy (non-hydrogen) atoms. The third-order valence-corrected chi connectivity index (χ3v) is 4.48. The number of carbonyl (C=O) groups is 1. The van der Waals surface area contributed by atoms with Crippen LogP contribution in [0, 0.1) is 5.41 Å². The molecule has 1 heterocycles. The molecule has 1 aromatic heterocycles. The van der Waals surface area contributed by atoms with E-state index in [2.05, 4.69) is 27.6 Å². The van der Waals surface area contributed by atoms with Gasteiger partial charge in [0.2, 0.25) is 0 Å². The summed E-state index contributed by atoms with van der Waals surface area (Å²) in [5.74, 6) is 6.07. The lowest BCUT2D eigenvalue weighted by atomic mass is 9.67. The highest BCUT2D eigenvalue weighted by Crippen LogP contribution is 2.43. The van der Waals surface area contributed by atoms with Crippen LogP contribution in [0.15, 0.2) is 6.20 Å². The number of carbonyl (C=O) groups excluding carboxylic acids is 1. The Labute approximate surface area is 125 Å². The predicted octanol–water partition coefficient (Wildman–Crippen LogP) is 2.20. The minimum atomic E-state index is -0.188. The SMILES string of the molecule is CCC1(CNC(=O)c2nc(C(C)C)ncc2NN)CCC1. The van der Waals surface area contributed by atoms with Crippen molar-refractivity contribution in [1.29, 1.82) is 0 Å². The van der Waals surface area contributed by atoms with Gasteiger partial charge in [-0.2, -0.15) is 0 Å². The van der Waals surface area contributed by atoms with Gasteiger partial charge in [0.1, 0.15) is 5.82 Å². The van der Waals surface area contributed by atoms with Gasteiger partial charge in [0.05, 0.1) is 11.9 Å². The summed E-state index contributed by atoms with van der Waals surface area (Å²) in [6.45, 7) is 6.87. The van der Waals surface area contributed by atoms with Gasteiger partial charge in [0.15, 0.2) is 5.69 Å². The van der Waals surface area contributed by atoms with Gasteiger partial charge in [-0.25, -0.2) is 9.97 Å². The molecule has 0 aromatic carbocycles. The molecule has 0 bridgehead atoms. The second-order valence-corrected chi connectivity index (χ2v) is 6.18. The summed E-state index contributed by atoms with van der Waals surface area (Å²) < 4.78 is 0. The zero-order valence-electron chi connectivity index (χ0n) is 13.1. The van der Waals surface area contributed by atoms with E-state index in [1.165, 1.54) is 19.3 Å². The zero-order valence-corrected chi connectivity index (χ0v) is 13.1. The Morgan fingerprint density at radius 2 is 2.19 bits per heavy atom. The molecule has 0 spiro atoms. The molecule has 6 heteroatoms. The smallest absolute Gasteiger partial charge is 0.272 e. The number of nitrogen functional groups attached to an aromatic ring is 1. The van der Waals surface area contributed by atoms with E-state index in [0.717, 1.165) is 6.42 Å². The van der Waals surface area contributed by atoms with E-state index in [0.29, 0.717) is 23.8 Å². The molecule has 0 atom stereocenters. The van der Waals surface area contributed by atoms with Gasteiger partial charge in [-0.05, 0) is 24.7 Å². The second kappa shape index (κ2) is 6.39. The second-order valence-electron chi connectivity index (χ2n) is 6.18. The predicted molar refractivity (Wildman–Crippen MR) is 82.8 cm³/mol. The molecule has 2 rings (SSSR count). The van der Waals surface area contributed by atoms with E-state index in [9.17, 15) is 4.79 Å². The van der Waals surface area contributed by atoms with Crippen molar-refractivity contribution < 1.29 is 4.79 Å². The normalized spacial score (nSPS) is 16.4. The van der Waals surface area contributed by atoms with Crippen LogP contribution in [0.3, 0.4) is 0 Å². The Bertz CT molecular complexity index is 505. The maximum atomic E-state index is 12.4. The number of anilines is 1. The molecule has 116 valence electrons. The highest BCUT2D eigenvalue weighted by atomic mass is 16.1. The maximum Gasteiger partial charge on any atom is 0.272 e. The topological polar surface area (TPSA) is 92.9 Å². The van der Waals surface area contributed by atoms with E-state index >= 15 is 0 Å². The highest BCUT2D eigenvalue weighted by Gasteiger charge is 2.35. The number of hydrogen-bond acceptors (Lipinski definition) is 5. The summed E-state index contributed by atoms with van der Waals surface area (Å²) in [6.07, 6.45) is 6.29. The fourth-order valence-corrected chi connectivity index (χ4v) is 2.64. The number of rotatable bonds is 6. The Morgan fingerprint density at radius 1 is 1.48 bits per heavy atom. The lowest BCUT2D eigenvalue weighted by Gasteiger charge is -2.41. The minimum Gasteiger partial charge on any atom is -0.350 e. The number of aromatic nitrogens is 2. The first kappa shape index (κ1) is 15.7. The van der Waals surface area contributed by atoms with Crippen molar-refractivity contribution in [2.24, 2.45) is 11.3 Å². The molecular formula is C15H25N5O. The average molecular weight is 291 g/mol. The number of hydrazine groups is 1. The Kier molecular flexibility index (Phi) is 4.77. The zero-order chi connectivity index (χ0) is 15.5. The molecular weight excluding hydrogens is 266 g/mol. The van der Waals surface area contributed by atoms with Gasteiger partial charge in [-0.15, -0.1) is 0 Å². The summed E-state index contributed by atoms with van der Waals surface area (Å²) in [6, 6.07) is 0. The van der Waals surface area contributed by atoms with E-state index in [4.69, 9.17) is 5.84 Å². The number of amides is 1. The first-order chi connectivity index (χ1) is 10.0. The number of nitrogens with zero attached hydrogens (tertiary/aromatic N) is 2. The van der Waals surface area contributed by atoms with Crippen molar-refractivity contribution in [2.75, 3.05) is 12.0 Å². The molecule has 1 aliphatic carbocycles. The van der Waals surface area contributed by atoms with Crippen LogP contribution in [0.5, 0.6) is 0 Å². The third kappa shape index (κ3) is 3.32. The van der Waals surface area contributed by atoms with E-state index in [1.54, 1.807) is 6.20 Å². The monoisotopic (exact) mass is 291 g/mol. The average Bonchev–Trinajstić information content (AvgIpc) is 2.45. The summed E-state index contributed by atoms with van der Waals surface area (Å²) in [5, 5.41) is 3.01. The summed E-state index contributed by atoms with van der Waals surface area (Å²) in [4.78, 5) is 21.0. The first-order valence-corrected chi connectivity index (χ1v) is 7.63. The first-order valence-electron chi connectivity index (χ1n) is 7.63. The van der Waals surface area contributed by atoms with Crippen LogP contribution < -0.4 is 16.6 Å². The molecule has 1 amide bonds. The molecule has 0 aliphatic heterocycles. The van der Waals surface area contributed by atoms with Crippen molar-refractivity contribution in [3.63, 3.8) is 0 Å². The maximum absolute atomic E-state index is 12.4. The van der Waals surface area contributed by atoms with Gasteiger partial charge in [-0.1, -0.05) is 27.2 Å². The quantitative estimate of drug-likeness (QED) is 0.552. The molecule has 0 saturated heterocycles. The summed E-state index contributed by atoms with van der Waals surface area (Å²) in [7, 11) is 0. The van der Waals surface area contributed by atoms with Crippen LogP contribution >= 0.6 is 0 Å². The van der Waals surface area contributed by atoms with Crippen LogP contribution in [-0.4, -0.2) is 22.4 Å². The lowest BCUT2D eigenvalue weighted by Crippen LogP contribution is -2.42. The fourth-order valence-electron chi connectivity index (χ4n) is 2.64. The molecule has 1 aromatic rings. The molecule has 0 unspecified atom stereocenters. The van der Waals surface area contributed by atoms with Crippen molar-refractivity contribution in [2.45, 2.75) is 52.4 Å². The highest BCUT2D eigenvalue weighted by molar-refractivity contribution is 5.97. The van der Waals surface area contributed by atoms with E-state index in [1.807, 2.05) is 13.8 Å². The third-order valence-electron chi connectivity index (χ3n) is 4.48. The van der Waals surface area contributed by atoms with E-state index < -0.39 is 0 Å². The summed E-state index contributed by atoms with van der Waals surface area (Å²) in [5.41, 5.74) is 3.55. The van der Waals surface area contributed by atoms with Crippen LogP contribution in [0.1, 0.15) is 68.7 Å². The van der Waals surface area contributed by atoms with Gasteiger partial charge in [0.25, 0.3) is 5.91 Å². The van der Waals surface area contributed by atoms with Crippen molar-refractivity contribution in [3.05, 3.63) is 17.7 Å². The standard InChI is InChI=1S/C15H25N5O/c1-4-15(6-5-7-15)9-18-14(21)12-11(20-16)8-17-13(19-12)10(2)3/h8,10,20H,4-7,9,16H2,1-3H3,(H,18,21). The van der Waals surface area contributed by atoms with Crippen LogP contribution in [-0.2, 0) is 0 Å². The molecule has 1 aliphatic rings. The van der Waals surface area contributed by atoms with Crippen molar-refractivity contribution >= 4 is 11.6 Å². The van der Waals surface area contributed by atoms with Crippen molar-refractivity contribution in [3.8, 4) is 0 Å². The van der Waals surface area contributed by atoms with Crippen LogP contribution in [0.25, 0.3) is 0 Å². The van der Waals surface area contributed by atoms with Gasteiger partial charge in [0, 0.05) is 12.5 Å². The number of nitrogens with one attached hydrogen (secondary N) is 2. The van der Waals surface area contributed by atoms with Gasteiger partial charge < -0.3 is 10.7 Å². The van der Waals surface area contributed by atoms with E-state index in [-0.39, 0.29) is 17.2 Å². The fraction of sp³-hybridized carbons (Fsp3) is 0.667. The molecule has 4 N–H and O–H groups in total. The number of hydrogen-bond donors (Lipinski definition) is 3. The Morgan fingerprint density at radius 3 is 2.67 bits per heavy atom. The van der Waals surface area contributed by atoms with Crippen LogP contribution in [0.2, 0.25) is 0 Å². The van der Waals surface area contributed by atoms with Gasteiger partial charge >= 0.3 is 0 Å². The lowest BCUT2D eigenvalue weighted by molar-refractivity contribution is 0.0846. The molecule has 1 fully saturated rings. The van der Waals surface area contributed by atoms with Crippen molar-refractivity contribution in [1.82, 2.24) is 15.3 Å². The molecule has 0 radical (unpaired) electrons. The number of nitrogens with two attached hydrogens (primary N) is 1. The minimum absolute atomic E-state index is 0.164. The molecule has 6 nitrogen and oxygen atoms in total. The van der Waals surface area contributed by atoms with Crippen LogP contribution in [0.4, 0.5) is 5.69 Å². The summed E-state index contributed by atoms with van der Waals surface area (Å²) >= 11 is 0. The largest absolute Gasteiger partial charge is 0.350 e. The Hall–Kier alpha value is -1.69. The van der Waals surface area contributed by atoms with Gasteiger partial charge in [-0.3, -0.25) is 10.6 Å². The molecule has 1 saturated carbocycles.